The number of carbonyl (C=O) groups is 1. The van der Waals surface area contributed by atoms with Crippen LogP contribution in [0.3, 0.4) is 0 Å². The zero-order valence-electron chi connectivity index (χ0n) is 11.2. The number of hydrogen-bond donors (Lipinski definition) is 2. The van der Waals surface area contributed by atoms with Gasteiger partial charge in [0.2, 0.25) is 5.91 Å². The molecule has 0 radical (unpaired) electrons. The van der Waals surface area contributed by atoms with Gasteiger partial charge >= 0.3 is 0 Å². The quantitative estimate of drug-likeness (QED) is 0.838. The van der Waals surface area contributed by atoms with Crippen LogP contribution in [0.2, 0.25) is 10.3 Å². The first kappa shape index (κ1) is 16.1. The first-order valence-electron chi connectivity index (χ1n) is 5.90. The third-order valence-electron chi connectivity index (χ3n) is 2.34. The number of amides is 1. The molecule has 1 unspecified atom stereocenters. The maximum atomic E-state index is 11.8. The van der Waals surface area contributed by atoms with Crippen molar-refractivity contribution in [3.63, 3.8) is 0 Å². The largest absolute Gasteiger partial charge is 0.327 e. The first-order valence-corrected chi connectivity index (χ1v) is 6.66. The summed E-state index contributed by atoms with van der Waals surface area (Å²) in [5, 5.41) is 2.81. The third-order valence-corrected chi connectivity index (χ3v) is 2.91. The fourth-order valence-corrected chi connectivity index (χ4v) is 2.14. The Kier molecular flexibility index (Phi) is 5.52. The van der Waals surface area contributed by atoms with Crippen LogP contribution in [0.15, 0.2) is 6.33 Å². The molecule has 0 bridgehead atoms. The maximum Gasteiger partial charge on any atom is 0.226 e. The normalized spacial score (nSPS) is 13.2. The molecule has 0 saturated carbocycles. The molecule has 1 rings (SSSR count). The van der Waals surface area contributed by atoms with Crippen molar-refractivity contribution in [2.24, 2.45) is 11.1 Å². The van der Waals surface area contributed by atoms with E-state index in [9.17, 15) is 4.79 Å². The van der Waals surface area contributed by atoms with E-state index in [0.717, 1.165) is 6.42 Å². The van der Waals surface area contributed by atoms with Gasteiger partial charge in [-0.3, -0.25) is 4.79 Å². The predicted octanol–water partition coefficient (Wildman–Crippen LogP) is 2.88. The van der Waals surface area contributed by atoms with E-state index in [-0.39, 0.29) is 39.8 Å². The Balaban J connectivity index is 2.61. The second kappa shape index (κ2) is 6.50. The van der Waals surface area contributed by atoms with Gasteiger partial charge in [-0.25, -0.2) is 9.97 Å². The summed E-state index contributed by atoms with van der Waals surface area (Å²) in [7, 11) is 0. The van der Waals surface area contributed by atoms with E-state index in [1.165, 1.54) is 6.33 Å². The number of aromatic nitrogens is 2. The fourth-order valence-electron chi connectivity index (χ4n) is 1.73. The standard InChI is InChI=1S/C12H18Cl2N4O/c1-12(2,3)5-7(15)4-8(19)18-9-10(13)16-6-17-11(9)14/h6-7H,4-5,15H2,1-3H3,(H,18,19). The number of rotatable bonds is 4. The lowest BCUT2D eigenvalue weighted by atomic mass is 9.87. The summed E-state index contributed by atoms with van der Waals surface area (Å²) in [5.41, 5.74) is 6.23. The van der Waals surface area contributed by atoms with Gasteiger partial charge in [0.25, 0.3) is 0 Å². The highest BCUT2D eigenvalue weighted by Crippen LogP contribution is 2.26. The van der Waals surface area contributed by atoms with Crippen LogP contribution in [0, 0.1) is 5.41 Å². The minimum absolute atomic E-state index is 0.0743. The van der Waals surface area contributed by atoms with Crippen molar-refractivity contribution >= 4 is 34.8 Å². The van der Waals surface area contributed by atoms with Crippen molar-refractivity contribution < 1.29 is 4.79 Å². The van der Waals surface area contributed by atoms with E-state index in [1.807, 2.05) is 0 Å². The molecule has 0 fully saturated rings. The molecule has 1 aromatic heterocycles. The number of anilines is 1. The molecule has 1 aromatic rings. The Morgan fingerprint density at radius 3 is 2.37 bits per heavy atom. The number of nitrogens with two attached hydrogens (primary N) is 1. The Hall–Kier alpha value is -0.910. The molecule has 106 valence electrons. The second-order valence-electron chi connectivity index (χ2n) is 5.61. The van der Waals surface area contributed by atoms with E-state index in [1.54, 1.807) is 0 Å². The highest BCUT2D eigenvalue weighted by Gasteiger charge is 2.19. The summed E-state index contributed by atoms with van der Waals surface area (Å²) in [5.74, 6) is -0.254. The van der Waals surface area contributed by atoms with E-state index >= 15 is 0 Å². The highest BCUT2D eigenvalue weighted by atomic mass is 35.5. The number of nitrogens with one attached hydrogen (secondary N) is 1. The van der Waals surface area contributed by atoms with Gasteiger partial charge in [-0.1, -0.05) is 44.0 Å². The molecular formula is C12H18Cl2N4O. The van der Waals surface area contributed by atoms with E-state index in [2.05, 4.69) is 36.1 Å². The molecular weight excluding hydrogens is 287 g/mol. The number of nitrogens with zero attached hydrogens (tertiary/aromatic N) is 2. The van der Waals surface area contributed by atoms with Gasteiger partial charge in [-0.05, 0) is 11.8 Å². The molecule has 1 atom stereocenters. The lowest BCUT2D eigenvalue weighted by Crippen LogP contribution is -2.31. The maximum absolute atomic E-state index is 11.8. The van der Waals surface area contributed by atoms with Gasteiger partial charge in [0.05, 0.1) is 0 Å². The summed E-state index contributed by atoms with van der Waals surface area (Å²) in [6, 6.07) is -0.220. The van der Waals surface area contributed by atoms with Gasteiger partial charge in [-0.2, -0.15) is 0 Å². The molecule has 0 spiro atoms. The van der Waals surface area contributed by atoms with Crippen LogP contribution < -0.4 is 11.1 Å². The van der Waals surface area contributed by atoms with Crippen molar-refractivity contribution in [3.05, 3.63) is 16.6 Å². The van der Waals surface area contributed by atoms with Crippen LogP contribution in [0.5, 0.6) is 0 Å². The van der Waals surface area contributed by atoms with Crippen LogP contribution in [-0.4, -0.2) is 21.9 Å². The molecule has 0 saturated heterocycles. The average Bonchev–Trinajstić information content (AvgIpc) is 2.20. The molecule has 19 heavy (non-hydrogen) atoms. The van der Waals surface area contributed by atoms with Crippen LogP contribution in [0.1, 0.15) is 33.6 Å². The number of halogens is 2. The van der Waals surface area contributed by atoms with Crippen molar-refractivity contribution in [1.29, 1.82) is 0 Å². The van der Waals surface area contributed by atoms with Crippen LogP contribution in [-0.2, 0) is 4.79 Å². The molecule has 1 heterocycles. The number of carbonyl (C=O) groups excluding carboxylic acids is 1. The van der Waals surface area contributed by atoms with E-state index in [0.29, 0.717) is 0 Å². The van der Waals surface area contributed by atoms with Gasteiger partial charge in [0, 0.05) is 12.5 Å². The van der Waals surface area contributed by atoms with Crippen LogP contribution in [0.25, 0.3) is 0 Å². The van der Waals surface area contributed by atoms with E-state index < -0.39 is 0 Å². The zero-order valence-corrected chi connectivity index (χ0v) is 12.7. The lowest BCUT2D eigenvalue weighted by Gasteiger charge is -2.22. The predicted molar refractivity (Wildman–Crippen MR) is 77.3 cm³/mol. The highest BCUT2D eigenvalue weighted by molar-refractivity contribution is 6.38. The molecule has 0 aliphatic rings. The van der Waals surface area contributed by atoms with Crippen molar-refractivity contribution in [1.82, 2.24) is 9.97 Å². The molecule has 7 heteroatoms. The molecule has 1 amide bonds. The van der Waals surface area contributed by atoms with E-state index in [4.69, 9.17) is 28.9 Å². The fraction of sp³-hybridized carbons (Fsp3) is 0.583. The second-order valence-corrected chi connectivity index (χ2v) is 6.32. The third kappa shape index (κ3) is 5.72. The summed E-state index contributed by atoms with van der Waals surface area (Å²) in [6.45, 7) is 6.22. The smallest absolute Gasteiger partial charge is 0.226 e. The summed E-state index contributed by atoms with van der Waals surface area (Å²) in [4.78, 5) is 19.4. The molecule has 0 aliphatic carbocycles. The Labute approximate surface area is 122 Å². The van der Waals surface area contributed by atoms with Gasteiger partial charge < -0.3 is 11.1 Å². The Morgan fingerprint density at radius 1 is 1.37 bits per heavy atom. The molecule has 5 nitrogen and oxygen atoms in total. The summed E-state index contributed by atoms with van der Waals surface area (Å²) in [6.07, 6.45) is 2.16. The van der Waals surface area contributed by atoms with Gasteiger partial charge in [0.1, 0.15) is 12.0 Å². The monoisotopic (exact) mass is 304 g/mol. The molecule has 0 aromatic carbocycles. The Bertz CT molecular complexity index is 439. The topological polar surface area (TPSA) is 80.9 Å². The van der Waals surface area contributed by atoms with Crippen molar-refractivity contribution in [2.75, 3.05) is 5.32 Å². The van der Waals surface area contributed by atoms with Crippen molar-refractivity contribution in [2.45, 2.75) is 39.7 Å². The van der Waals surface area contributed by atoms with Gasteiger partial charge in [0.15, 0.2) is 10.3 Å². The van der Waals surface area contributed by atoms with Crippen LogP contribution in [0.4, 0.5) is 5.69 Å². The SMILES string of the molecule is CC(C)(C)CC(N)CC(=O)Nc1c(Cl)ncnc1Cl. The minimum Gasteiger partial charge on any atom is -0.327 e. The summed E-state index contributed by atoms with van der Waals surface area (Å²) >= 11 is 11.7. The number of hydrogen-bond acceptors (Lipinski definition) is 4. The molecule has 0 aliphatic heterocycles. The molecule has 3 N–H and O–H groups in total. The zero-order chi connectivity index (χ0) is 14.6. The van der Waals surface area contributed by atoms with Crippen LogP contribution >= 0.6 is 23.2 Å². The summed E-state index contributed by atoms with van der Waals surface area (Å²) < 4.78 is 0. The minimum atomic E-state index is -0.254. The van der Waals surface area contributed by atoms with Gasteiger partial charge in [-0.15, -0.1) is 0 Å². The van der Waals surface area contributed by atoms with Crippen molar-refractivity contribution in [3.8, 4) is 0 Å². The average molecular weight is 305 g/mol. The Morgan fingerprint density at radius 2 is 1.89 bits per heavy atom. The first-order chi connectivity index (χ1) is 8.69. The lowest BCUT2D eigenvalue weighted by molar-refractivity contribution is -0.116.